The Bertz CT molecular complexity index is 4040. The van der Waals surface area contributed by atoms with E-state index in [1.165, 1.54) is 68.9 Å². The van der Waals surface area contributed by atoms with Gasteiger partial charge in [-0.1, -0.05) is 158 Å². The van der Waals surface area contributed by atoms with E-state index >= 15 is 0 Å². The first-order valence-corrected chi connectivity index (χ1v) is 22.7. The standard InChI is InChI=1S/C57H37ClN4S/c1-3-46-52(38-19-9-7-15-33(38)2)60-57(56(58)59-46)62-48-30-27-35(36-26-28-41-40-21-13-14-24-47(40)61(49(41)32-36)37-17-5-4-6-18-37)31-45(48)50-42-22-11-12-23-43(42)51-44-29-25-34-16-8-10-20-39(34)54(44)63-55(51)53(50)62/h4-32H,3H2,1-2H3. The van der Waals surface area contributed by atoms with Gasteiger partial charge in [0, 0.05) is 48.3 Å². The molecule has 0 fully saturated rings. The lowest BCUT2D eigenvalue weighted by atomic mass is 9.96. The second-order valence-corrected chi connectivity index (χ2v) is 17.9. The Morgan fingerprint density at radius 1 is 0.508 bits per heavy atom. The summed E-state index contributed by atoms with van der Waals surface area (Å²) in [6, 6.07) is 63.9. The molecule has 0 aliphatic rings. The molecule has 13 rings (SSSR count). The summed E-state index contributed by atoms with van der Waals surface area (Å²) in [6.07, 6.45) is 0.707. The zero-order valence-electron chi connectivity index (χ0n) is 34.5. The highest BCUT2D eigenvalue weighted by molar-refractivity contribution is 7.27. The number of rotatable bonds is 5. The molecule has 6 heteroatoms. The van der Waals surface area contributed by atoms with Gasteiger partial charge in [0.25, 0.3) is 0 Å². The van der Waals surface area contributed by atoms with Crippen molar-refractivity contribution in [1.82, 2.24) is 19.1 Å². The Morgan fingerprint density at radius 2 is 1.16 bits per heavy atom. The zero-order valence-corrected chi connectivity index (χ0v) is 36.1. The van der Waals surface area contributed by atoms with Crippen molar-refractivity contribution in [1.29, 1.82) is 0 Å². The van der Waals surface area contributed by atoms with Gasteiger partial charge in [0.15, 0.2) is 11.0 Å². The fourth-order valence-corrected chi connectivity index (χ4v) is 11.9. The molecule has 298 valence electrons. The molecule has 4 aromatic heterocycles. The van der Waals surface area contributed by atoms with E-state index in [0.717, 1.165) is 55.7 Å². The van der Waals surface area contributed by atoms with Crippen molar-refractivity contribution in [2.45, 2.75) is 20.3 Å². The molecule has 0 saturated heterocycles. The fourth-order valence-electron chi connectivity index (χ4n) is 10.2. The van der Waals surface area contributed by atoms with E-state index in [0.29, 0.717) is 17.4 Å². The summed E-state index contributed by atoms with van der Waals surface area (Å²) in [4.78, 5) is 10.7. The number of aromatic nitrogens is 4. The second kappa shape index (κ2) is 13.8. The van der Waals surface area contributed by atoms with Crippen LogP contribution in [0.1, 0.15) is 18.2 Å². The first kappa shape index (κ1) is 36.4. The molecule has 9 aromatic carbocycles. The molecule has 0 bridgehead atoms. The van der Waals surface area contributed by atoms with E-state index in [1.54, 1.807) is 0 Å². The maximum absolute atomic E-state index is 7.41. The number of nitrogens with zero attached hydrogens (tertiary/aromatic N) is 4. The van der Waals surface area contributed by atoms with Crippen LogP contribution in [0.5, 0.6) is 0 Å². The summed E-state index contributed by atoms with van der Waals surface area (Å²) >= 11 is 9.28. The molecule has 13 aromatic rings. The van der Waals surface area contributed by atoms with Gasteiger partial charge in [-0.2, -0.15) is 0 Å². The number of fused-ring (bicyclic) bond motifs is 15. The van der Waals surface area contributed by atoms with E-state index in [-0.39, 0.29) is 0 Å². The SMILES string of the molecule is CCc1nc(Cl)c(-n2c3ccc(-c4ccc5c6ccccc6n(-c6ccccc6)c5c4)cc3c3c4ccccc4c4c5ccc6ccccc6c5sc4c32)nc1-c1ccccc1C. The van der Waals surface area contributed by atoms with Crippen LogP contribution in [0.3, 0.4) is 0 Å². The minimum absolute atomic E-state index is 0.388. The number of para-hydroxylation sites is 2. The Labute approximate surface area is 371 Å². The van der Waals surface area contributed by atoms with Crippen LogP contribution in [-0.4, -0.2) is 19.1 Å². The third-order valence-electron chi connectivity index (χ3n) is 13.1. The summed E-state index contributed by atoms with van der Waals surface area (Å²) in [6.45, 7) is 4.26. The molecule has 0 radical (unpaired) electrons. The van der Waals surface area contributed by atoms with Gasteiger partial charge in [-0.15, -0.1) is 11.3 Å². The lowest BCUT2D eigenvalue weighted by molar-refractivity contribution is 0.967. The maximum Gasteiger partial charge on any atom is 0.176 e. The van der Waals surface area contributed by atoms with Crippen LogP contribution in [-0.2, 0) is 6.42 Å². The third kappa shape index (κ3) is 5.27. The van der Waals surface area contributed by atoms with Crippen molar-refractivity contribution >= 4 is 108 Å². The number of hydrogen-bond acceptors (Lipinski definition) is 3. The predicted molar refractivity (Wildman–Crippen MR) is 269 cm³/mol. The van der Waals surface area contributed by atoms with Crippen LogP contribution in [0.2, 0.25) is 5.15 Å². The third-order valence-corrected chi connectivity index (χ3v) is 14.6. The van der Waals surface area contributed by atoms with Crippen molar-refractivity contribution < 1.29 is 0 Å². The Balaban J connectivity index is 1.17. The monoisotopic (exact) mass is 844 g/mol. The molecule has 4 heterocycles. The van der Waals surface area contributed by atoms with Crippen LogP contribution in [0, 0.1) is 6.92 Å². The maximum atomic E-state index is 7.41. The minimum Gasteiger partial charge on any atom is -0.309 e. The Morgan fingerprint density at radius 3 is 1.98 bits per heavy atom. The molecule has 0 aliphatic heterocycles. The largest absolute Gasteiger partial charge is 0.309 e. The first-order chi connectivity index (χ1) is 31.1. The molecule has 0 amide bonds. The van der Waals surface area contributed by atoms with Gasteiger partial charge in [-0.25, -0.2) is 9.97 Å². The molecule has 0 aliphatic carbocycles. The van der Waals surface area contributed by atoms with Gasteiger partial charge in [-0.3, -0.25) is 4.57 Å². The first-order valence-electron chi connectivity index (χ1n) is 21.5. The van der Waals surface area contributed by atoms with E-state index in [1.807, 2.05) is 11.3 Å². The molecule has 0 N–H and O–H groups in total. The van der Waals surface area contributed by atoms with Crippen molar-refractivity contribution in [2.24, 2.45) is 0 Å². The lowest BCUT2D eigenvalue weighted by Crippen LogP contribution is -2.06. The molecule has 63 heavy (non-hydrogen) atoms. The smallest absolute Gasteiger partial charge is 0.176 e. The minimum atomic E-state index is 0.388. The molecule has 0 spiro atoms. The molecule has 0 saturated carbocycles. The Hall–Kier alpha value is -7.31. The van der Waals surface area contributed by atoms with Crippen LogP contribution in [0.25, 0.3) is 119 Å². The van der Waals surface area contributed by atoms with Crippen molar-refractivity contribution in [3.05, 3.63) is 192 Å². The van der Waals surface area contributed by atoms with Crippen molar-refractivity contribution in [3.63, 3.8) is 0 Å². The zero-order chi connectivity index (χ0) is 41.9. The fraction of sp³-hybridized carbons (Fsp3) is 0.0526. The van der Waals surface area contributed by atoms with Gasteiger partial charge >= 0.3 is 0 Å². The summed E-state index contributed by atoms with van der Waals surface area (Å²) in [5.41, 5.74) is 11.9. The van der Waals surface area contributed by atoms with E-state index in [4.69, 9.17) is 21.6 Å². The topological polar surface area (TPSA) is 35.6 Å². The lowest BCUT2D eigenvalue weighted by Gasteiger charge is -2.15. The molecule has 4 nitrogen and oxygen atoms in total. The van der Waals surface area contributed by atoms with E-state index < -0.39 is 0 Å². The van der Waals surface area contributed by atoms with Crippen molar-refractivity contribution in [2.75, 3.05) is 0 Å². The van der Waals surface area contributed by atoms with Gasteiger partial charge in [0.1, 0.15) is 0 Å². The molecule has 0 unspecified atom stereocenters. The van der Waals surface area contributed by atoms with Gasteiger partial charge in [0.2, 0.25) is 0 Å². The van der Waals surface area contributed by atoms with Crippen LogP contribution in [0.4, 0.5) is 0 Å². The predicted octanol–water partition coefficient (Wildman–Crippen LogP) is 16.2. The number of halogens is 1. The summed E-state index contributed by atoms with van der Waals surface area (Å²) < 4.78 is 7.19. The highest BCUT2D eigenvalue weighted by Crippen LogP contribution is 2.50. The van der Waals surface area contributed by atoms with E-state index in [2.05, 4.69) is 199 Å². The van der Waals surface area contributed by atoms with Crippen LogP contribution in [0.15, 0.2) is 176 Å². The number of thiophene rings is 1. The highest BCUT2D eigenvalue weighted by Gasteiger charge is 2.26. The van der Waals surface area contributed by atoms with Crippen molar-refractivity contribution in [3.8, 4) is 33.9 Å². The van der Waals surface area contributed by atoms with Gasteiger partial charge in [0.05, 0.1) is 38.2 Å². The molecular formula is C57H37ClN4S. The van der Waals surface area contributed by atoms with E-state index in [9.17, 15) is 0 Å². The number of aryl methyl sites for hydroxylation is 2. The average Bonchev–Trinajstić information content (AvgIpc) is 4.00. The summed E-state index contributed by atoms with van der Waals surface area (Å²) in [5.74, 6) is 0.632. The van der Waals surface area contributed by atoms with Gasteiger partial charge in [-0.05, 0) is 88.0 Å². The molecular weight excluding hydrogens is 808 g/mol. The average molecular weight is 845 g/mol. The molecule has 0 atom stereocenters. The number of benzene rings is 9. The normalized spacial score (nSPS) is 12.1. The summed E-state index contributed by atoms with van der Waals surface area (Å²) in [5, 5.41) is 12.6. The Kier molecular flexibility index (Phi) is 7.99. The van der Waals surface area contributed by atoms with Gasteiger partial charge < -0.3 is 4.57 Å². The van der Waals surface area contributed by atoms with Crippen LogP contribution >= 0.6 is 22.9 Å². The quantitative estimate of drug-likeness (QED) is 0.173. The van der Waals surface area contributed by atoms with Crippen LogP contribution < -0.4 is 0 Å². The summed E-state index contributed by atoms with van der Waals surface area (Å²) in [7, 11) is 0. The highest BCUT2D eigenvalue weighted by atomic mass is 35.5. The second-order valence-electron chi connectivity index (χ2n) is 16.5. The number of hydrogen-bond donors (Lipinski definition) is 0.